The van der Waals surface area contributed by atoms with Gasteiger partial charge in [-0.25, -0.2) is 4.98 Å². The van der Waals surface area contributed by atoms with Gasteiger partial charge < -0.3 is 5.73 Å². The van der Waals surface area contributed by atoms with Crippen LogP contribution < -0.4 is 11.3 Å². The molecule has 0 bridgehead atoms. The lowest BCUT2D eigenvalue weighted by molar-refractivity contribution is 0.758. The van der Waals surface area contributed by atoms with E-state index in [-0.39, 0.29) is 5.56 Å². The predicted molar refractivity (Wildman–Crippen MR) is 122 cm³/mol. The van der Waals surface area contributed by atoms with Gasteiger partial charge in [-0.2, -0.15) is 0 Å². The molecule has 5 rings (SSSR count). The number of hydrogen-bond acceptors (Lipinski definition) is 3. The van der Waals surface area contributed by atoms with E-state index < -0.39 is 0 Å². The molecule has 1 heterocycles. The van der Waals surface area contributed by atoms with Crippen molar-refractivity contribution in [3.05, 3.63) is 112 Å². The maximum atomic E-state index is 13.4. The number of para-hydroxylation sites is 1. The second kappa shape index (κ2) is 7.58. The minimum Gasteiger partial charge on any atom is -0.326 e. The molecule has 0 atom stereocenters. The largest absolute Gasteiger partial charge is 0.326 e. The van der Waals surface area contributed by atoms with E-state index in [1.165, 1.54) is 0 Å². The van der Waals surface area contributed by atoms with E-state index >= 15 is 0 Å². The molecule has 0 spiro atoms. The number of benzene rings is 4. The Morgan fingerprint density at radius 2 is 1.53 bits per heavy atom. The molecule has 0 aliphatic rings. The summed E-state index contributed by atoms with van der Waals surface area (Å²) in [4.78, 5) is 18.3. The summed E-state index contributed by atoms with van der Waals surface area (Å²) in [5.74, 6) is 0.669. The molecule has 0 aliphatic carbocycles. The monoisotopic (exact) mass is 391 g/mol. The van der Waals surface area contributed by atoms with Crippen molar-refractivity contribution in [2.24, 2.45) is 5.73 Å². The second-order valence-corrected chi connectivity index (χ2v) is 7.43. The standard InChI is InChI=1S/C26H21N3O/c27-16-18-6-5-7-19(14-18)17-29-25(28-24-11-4-3-10-23(24)26(29)30)22-13-12-20-8-1-2-9-21(20)15-22/h1-15H,16-17,27H2. The Balaban J connectivity index is 1.74. The lowest BCUT2D eigenvalue weighted by Gasteiger charge is -2.15. The number of aromatic nitrogens is 2. The third kappa shape index (κ3) is 3.27. The van der Waals surface area contributed by atoms with E-state index in [1.54, 1.807) is 4.57 Å². The first-order chi connectivity index (χ1) is 14.7. The quantitative estimate of drug-likeness (QED) is 0.482. The highest BCUT2D eigenvalue weighted by molar-refractivity contribution is 5.87. The fourth-order valence-electron chi connectivity index (χ4n) is 3.90. The van der Waals surface area contributed by atoms with Gasteiger partial charge in [-0.15, -0.1) is 0 Å². The highest BCUT2D eigenvalue weighted by Gasteiger charge is 2.14. The summed E-state index contributed by atoms with van der Waals surface area (Å²) in [5.41, 5.74) is 9.47. The van der Waals surface area contributed by atoms with Crippen molar-refractivity contribution >= 4 is 21.7 Å². The molecule has 0 fully saturated rings. The summed E-state index contributed by atoms with van der Waals surface area (Å²) >= 11 is 0. The highest BCUT2D eigenvalue weighted by Crippen LogP contribution is 2.24. The van der Waals surface area contributed by atoms with Crippen LogP contribution in [0.2, 0.25) is 0 Å². The predicted octanol–water partition coefficient (Wildman–Crippen LogP) is 4.72. The molecule has 0 saturated heterocycles. The van der Waals surface area contributed by atoms with Gasteiger partial charge in [0.05, 0.1) is 17.4 Å². The van der Waals surface area contributed by atoms with Crippen LogP contribution in [-0.4, -0.2) is 9.55 Å². The summed E-state index contributed by atoms with van der Waals surface area (Å²) in [6.07, 6.45) is 0. The fraction of sp³-hybridized carbons (Fsp3) is 0.0769. The molecule has 0 unspecified atom stereocenters. The van der Waals surface area contributed by atoms with Gasteiger partial charge in [0, 0.05) is 12.1 Å². The molecule has 4 heteroatoms. The van der Waals surface area contributed by atoms with Crippen LogP contribution in [0, 0.1) is 0 Å². The Labute approximate surface area is 174 Å². The van der Waals surface area contributed by atoms with Crippen LogP contribution in [0.4, 0.5) is 0 Å². The Hall–Kier alpha value is -3.76. The third-order valence-electron chi connectivity index (χ3n) is 5.44. The van der Waals surface area contributed by atoms with Gasteiger partial charge in [-0.1, -0.05) is 72.8 Å². The topological polar surface area (TPSA) is 60.9 Å². The number of nitrogens with zero attached hydrogens (tertiary/aromatic N) is 2. The minimum absolute atomic E-state index is 0.0399. The molecule has 0 saturated carbocycles. The smallest absolute Gasteiger partial charge is 0.261 e. The van der Waals surface area contributed by atoms with E-state index in [4.69, 9.17) is 10.7 Å². The van der Waals surface area contributed by atoms with E-state index in [1.807, 2.05) is 66.7 Å². The first-order valence-electron chi connectivity index (χ1n) is 9.99. The fourth-order valence-corrected chi connectivity index (χ4v) is 3.90. The Kier molecular flexibility index (Phi) is 4.62. The van der Waals surface area contributed by atoms with Crippen LogP contribution in [0.1, 0.15) is 11.1 Å². The molecule has 5 aromatic rings. The van der Waals surface area contributed by atoms with Crippen molar-refractivity contribution in [2.75, 3.05) is 0 Å². The van der Waals surface area contributed by atoms with Crippen molar-refractivity contribution < 1.29 is 0 Å². The average molecular weight is 391 g/mol. The van der Waals surface area contributed by atoms with Crippen molar-refractivity contribution in [1.82, 2.24) is 9.55 Å². The summed E-state index contributed by atoms with van der Waals surface area (Å²) in [5, 5.41) is 2.90. The first-order valence-corrected chi connectivity index (χ1v) is 9.99. The molecule has 0 aliphatic heterocycles. The van der Waals surface area contributed by atoms with E-state index in [9.17, 15) is 4.79 Å². The summed E-state index contributed by atoms with van der Waals surface area (Å²) < 4.78 is 1.77. The first kappa shape index (κ1) is 18.3. The summed E-state index contributed by atoms with van der Waals surface area (Å²) in [6, 6.07) is 30.0. The van der Waals surface area contributed by atoms with E-state index in [0.29, 0.717) is 29.8 Å². The van der Waals surface area contributed by atoms with E-state index in [0.717, 1.165) is 27.5 Å². The summed E-state index contributed by atoms with van der Waals surface area (Å²) in [6.45, 7) is 0.906. The lowest BCUT2D eigenvalue weighted by Crippen LogP contribution is -2.24. The molecule has 4 nitrogen and oxygen atoms in total. The minimum atomic E-state index is -0.0399. The maximum absolute atomic E-state index is 13.4. The van der Waals surface area contributed by atoms with Gasteiger partial charge in [0.25, 0.3) is 5.56 Å². The molecule has 1 aromatic heterocycles. The van der Waals surface area contributed by atoms with Crippen molar-refractivity contribution in [3.8, 4) is 11.4 Å². The number of hydrogen-bond donors (Lipinski definition) is 1. The van der Waals surface area contributed by atoms with Crippen molar-refractivity contribution in [1.29, 1.82) is 0 Å². The zero-order valence-corrected chi connectivity index (χ0v) is 16.5. The zero-order chi connectivity index (χ0) is 20.5. The van der Waals surface area contributed by atoms with Gasteiger partial charge in [0.1, 0.15) is 5.82 Å². The molecule has 30 heavy (non-hydrogen) atoms. The molecular formula is C26H21N3O. The lowest BCUT2D eigenvalue weighted by atomic mass is 10.1. The number of fused-ring (bicyclic) bond motifs is 2. The maximum Gasteiger partial charge on any atom is 0.261 e. The molecule has 4 aromatic carbocycles. The molecule has 0 radical (unpaired) electrons. The number of nitrogens with two attached hydrogens (primary N) is 1. The molecular weight excluding hydrogens is 370 g/mol. The van der Waals surface area contributed by atoms with Crippen LogP contribution in [0.25, 0.3) is 33.1 Å². The van der Waals surface area contributed by atoms with Gasteiger partial charge in [-0.3, -0.25) is 9.36 Å². The SMILES string of the molecule is NCc1cccc(Cn2c(-c3ccc4ccccc4c3)nc3ccccc3c2=O)c1. The third-order valence-corrected chi connectivity index (χ3v) is 5.44. The van der Waals surface area contributed by atoms with Crippen LogP contribution in [0.15, 0.2) is 95.8 Å². The Morgan fingerprint density at radius 1 is 0.767 bits per heavy atom. The Morgan fingerprint density at radius 3 is 2.40 bits per heavy atom. The molecule has 2 N–H and O–H groups in total. The van der Waals surface area contributed by atoms with Crippen LogP contribution in [0.3, 0.4) is 0 Å². The summed E-state index contributed by atoms with van der Waals surface area (Å²) in [7, 11) is 0. The molecule has 146 valence electrons. The molecule has 0 amide bonds. The van der Waals surface area contributed by atoms with Crippen molar-refractivity contribution in [3.63, 3.8) is 0 Å². The zero-order valence-electron chi connectivity index (χ0n) is 16.5. The van der Waals surface area contributed by atoms with Gasteiger partial charge >= 0.3 is 0 Å². The highest BCUT2D eigenvalue weighted by atomic mass is 16.1. The van der Waals surface area contributed by atoms with Gasteiger partial charge in [0.15, 0.2) is 0 Å². The van der Waals surface area contributed by atoms with E-state index in [2.05, 4.69) is 24.3 Å². The second-order valence-electron chi connectivity index (χ2n) is 7.43. The normalized spacial score (nSPS) is 11.2. The van der Waals surface area contributed by atoms with Crippen LogP contribution in [-0.2, 0) is 13.1 Å². The van der Waals surface area contributed by atoms with Crippen LogP contribution in [0.5, 0.6) is 0 Å². The van der Waals surface area contributed by atoms with Crippen LogP contribution >= 0.6 is 0 Å². The van der Waals surface area contributed by atoms with Gasteiger partial charge in [-0.05, 0) is 40.1 Å². The average Bonchev–Trinajstić information content (AvgIpc) is 2.80. The Bertz CT molecular complexity index is 1440. The van der Waals surface area contributed by atoms with Crippen molar-refractivity contribution in [2.45, 2.75) is 13.1 Å². The number of rotatable bonds is 4. The van der Waals surface area contributed by atoms with Gasteiger partial charge in [0.2, 0.25) is 0 Å².